The van der Waals surface area contributed by atoms with E-state index in [1.807, 2.05) is 13.8 Å². The van der Waals surface area contributed by atoms with Gasteiger partial charge in [0.05, 0.1) is 31.1 Å². The Kier molecular flexibility index (Phi) is 10.1. The summed E-state index contributed by atoms with van der Waals surface area (Å²) in [4.78, 5) is 62.7. The number of hydrogen-bond acceptors (Lipinski definition) is 7. The minimum absolute atomic E-state index is 0.00762. The first-order valence-corrected chi connectivity index (χ1v) is 12.7. The second-order valence-electron chi connectivity index (χ2n) is 9.80. The molecule has 3 rings (SSSR count). The Morgan fingerprint density at radius 3 is 2.70 bits per heavy atom. The average Bonchev–Trinajstić information content (AvgIpc) is 3.34. The largest absolute Gasteiger partial charge is 0.453 e. The number of carbonyl (C=O) groups excluding carboxylic acids is 3. The summed E-state index contributed by atoms with van der Waals surface area (Å²) in [5.74, 6) is -0.774. The van der Waals surface area contributed by atoms with Crippen molar-refractivity contribution in [2.75, 3.05) is 26.5 Å². The van der Waals surface area contributed by atoms with Crippen molar-refractivity contribution in [1.29, 1.82) is 0 Å². The summed E-state index contributed by atoms with van der Waals surface area (Å²) in [7, 11) is 4.39. The maximum atomic E-state index is 14.4. The van der Waals surface area contributed by atoms with Crippen molar-refractivity contribution in [2.45, 2.75) is 45.7 Å². The highest BCUT2D eigenvalue weighted by Gasteiger charge is 2.22. The molecule has 3 heterocycles. The number of halogens is 1. The molecule has 40 heavy (non-hydrogen) atoms. The van der Waals surface area contributed by atoms with Crippen LogP contribution in [0.15, 0.2) is 41.5 Å². The number of anilines is 1. The predicted octanol–water partition coefficient (Wildman–Crippen LogP) is 2.59. The lowest BCUT2D eigenvalue weighted by atomic mass is 10.1. The van der Waals surface area contributed by atoms with Crippen LogP contribution in [0, 0.1) is 11.7 Å². The lowest BCUT2D eigenvalue weighted by Gasteiger charge is -2.17. The summed E-state index contributed by atoms with van der Waals surface area (Å²) in [5.41, 5.74) is 0.775. The number of allylic oxidation sites excluding steroid dienone is 1. The number of alkyl carbamates (subject to hydrolysis) is 1. The Balaban J connectivity index is 1.78. The fourth-order valence-electron chi connectivity index (χ4n) is 3.88. The Bertz CT molecular complexity index is 1460. The van der Waals surface area contributed by atoms with E-state index in [4.69, 9.17) is 0 Å². The second-order valence-corrected chi connectivity index (χ2v) is 9.80. The number of methoxy groups -OCH3 is 1. The smallest absolute Gasteiger partial charge is 0.407 e. The van der Waals surface area contributed by atoms with Gasteiger partial charge in [-0.15, -0.1) is 0 Å². The molecule has 3 amide bonds. The molecule has 214 valence electrons. The normalized spacial score (nSPS) is 12.1. The van der Waals surface area contributed by atoms with Gasteiger partial charge in [0, 0.05) is 20.3 Å². The maximum Gasteiger partial charge on any atom is 0.407 e. The SMILES string of the molecule is COC(=O)NC(CC/C=C/C(=O)N(C)C)C(=O)Nc1cccn(Cc2nc3c(F)cnc(CC(C)C)c3[nH]2)c1=O. The molecule has 0 aliphatic rings. The zero-order valence-corrected chi connectivity index (χ0v) is 23.2. The summed E-state index contributed by atoms with van der Waals surface area (Å²) in [6, 6.07) is 1.97. The van der Waals surface area contributed by atoms with Crippen molar-refractivity contribution in [3.8, 4) is 0 Å². The van der Waals surface area contributed by atoms with Gasteiger partial charge in [0.15, 0.2) is 5.82 Å². The number of nitrogens with zero attached hydrogens (tertiary/aromatic N) is 4. The Hall–Kier alpha value is -4.55. The van der Waals surface area contributed by atoms with Gasteiger partial charge >= 0.3 is 6.09 Å². The van der Waals surface area contributed by atoms with E-state index in [2.05, 4.69) is 30.3 Å². The quantitative estimate of drug-likeness (QED) is 0.308. The number of hydrogen-bond donors (Lipinski definition) is 3. The van der Waals surface area contributed by atoms with Crippen LogP contribution in [0.3, 0.4) is 0 Å². The molecule has 1 atom stereocenters. The summed E-state index contributed by atoms with van der Waals surface area (Å²) >= 11 is 0. The molecule has 3 aromatic heterocycles. The van der Waals surface area contributed by atoms with Crippen molar-refractivity contribution in [3.63, 3.8) is 0 Å². The lowest BCUT2D eigenvalue weighted by Crippen LogP contribution is -2.44. The van der Waals surface area contributed by atoms with Crippen LogP contribution in [0.5, 0.6) is 0 Å². The number of likely N-dealkylation sites (N-methyl/N-ethyl adjacent to an activating group) is 1. The van der Waals surface area contributed by atoms with E-state index in [1.54, 1.807) is 26.2 Å². The highest BCUT2D eigenvalue weighted by molar-refractivity contribution is 5.96. The van der Waals surface area contributed by atoms with E-state index >= 15 is 0 Å². The minimum atomic E-state index is -1.04. The number of H-pyrrole nitrogens is 1. The molecule has 0 aromatic carbocycles. The second kappa shape index (κ2) is 13.5. The molecule has 1 unspecified atom stereocenters. The van der Waals surface area contributed by atoms with Crippen LogP contribution in [-0.4, -0.2) is 69.6 Å². The summed E-state index contributed by atoms with van der Waals surface area (Å²) in [5, 5.41) is 5.00. The van der Waals surface area contributed by atoms with Gasteiger partial charge in [0.2, 0.25) is 11.8 Å². The van der Waals surface area contributed by atoms with Crippen molar-refractivity contribution in [1.82, 2.24) is 29.7 Å². The number of amides is 3. The molecule has 3 aromatic rings. The third-order valence-electron chi connectivity index (χ3n) is 5.92. The van der Waals surface area contributed by atoms with Crippen LogP contribution >= 0.6 is 0 Å². The van der Waals surface area contributed by atoms with Gasteiger partial charge in [0.25, 0.3) is 5.56 Å². The lowest BCUT2D eigenvalue weighted by molar-refractivity contribution is -0.123. The molecule has 0 fully saturated rings. The van der Waals surface area contributed by atoms with E-state index in [-0.39, 0.29) is 30.1 Å². The predicted molar refractivity (Wildman–Crippen MR) is 147 cm³/mol. The minimum Gasteiger partial charge on any atom is -0.453 e. The molecule has 12 nitrogen and oxygen atoms in total. The maximum absolute atomic E-state index is 14.4. The highest BCUT2D eigenvalue weighted by atomic mass is 19.1. The third kappa shape index (κ3) is 7.74. The fourth-order valence-corrected chi connectivity index (χ4v) is 3.88. The first-order valence-electron chi connectivity index (χ1n) is 12.7. The number of aromatic nitrogens is 4. The standard InChI is InChI=1S/C27H34FN7O5/c1-16(2)13-20-24-23(17(28)14-29-20)32-21(33-24)15-35-12-8-10-19(26(35)38)30-25(37)18(31-27(39)40-5)9-6-7-11-22(36)34(3)4/h7-8,10-12,14,16,18H,6,9,13,15H2,1-5H3,(H,30,37)(H,31,39)(H,32,33)/b11-7+. The molecule has 0 aliphatic heterocycles. The Morgan fingerprint density at radius 1 is 1.27 bits per heavy atom. The third-order valence-corrected chi connectivity index (χ3v) is 5.92. The molecule has 0 saturated carbocycles. The topological polar surface area (TPSA) is 151 Å². The molecule has 0 bridgehead atoms. The van der Waals surface area contributed by atoms with Crippen LogP contribution in [0.4, 0.5) is 14.9 Å². The number of fused-ring (bicyclic) bond motifs is 1. The number of nitrogens with one attached hydrogen (secondary N) is 3. The van der Waals surface area contributed by atoms with Gasteiger partial charge in [-0.2, -0.15) is 0 Å². The zero-order chi connectivity index (χ0) is 29.4. The molecule has 3 N–H and O–H groups in total. The van der Waals surface area contributed by atoms with E-state index < -0.39 is 29.4 Å². The first-order chi connectivity index (χ1) is 19.0. The van der Waals surface area contributed by atoms with E-state index in [0.717, 1.165) is 6.20 Å². The van der Waals surface area contributed by atoms with E-state index in [1.165, 1.54) is 34.9 Å². The highest BCUT2D eigenvalue weighted by Crippen LogP contribution is 2.20. The molecule has 0 aliphatic carbocycles. The summed E-state index contributed by atoms with van der Waals surface area (Å²) < 4.78 is 20.3. The van der Waals surface area contributed by atoms with Crippen LogP contribution in [0.1, 0.15) is 38.2 Å². The van der Waals surface area contributed by atoms with Crippen molar-refractivity contribution < 1.29 is 23.5 Å². The monoisotopic (exact) mass is 555 g/mol. The van der Waals surface area contributed by atoms with Gasteiger partial charge in [-0.1, -0.05) is 19.9 Å². The number of ether oxygens (including phenoxy) is 1. The van der Waals surface area contributed by atoms with E-state index in [9.17, 15) is 23.6 Å². The molecule has 0 radical (unpaired) electrons. The zero-order valence-electron chi connectivity index (χ0n) is 23.2. The fraction of sp³-hybridized carbons (Fsp3) is 0.407. The van der Waals surface area contributed by atoms with Gasteiger partial charge < -0.3 is 29.8 Å². The molecular weight excluding hydrogens is 521 g/mol. The Morgan fingerprint density at radius 2 is 2.02 bits per heavy atom. The van der Waals surface area contributed by atoms with Crippen molar-refractivity contribution in [3.05, 3.63) is 64.4 Å². The Labute approximate surface area is 230 Å². The molecule has 0 saturated heterocycles. The van der Waals surface area contributed by atoms with Gasteiger partial charge in [0.1, 0.15) is 23.1 Å². The van der Waals surface area contributed by atoms with Gasteiger partial charge in [-0.3, -0.25) is 19.4 Å². The van der Waals surface area contributed by atoms with Gasteiger partial charge in [-0.05, 0) is 43.4 Å². The number of aromatic amines is 1. The average molecular weight is 556 g/mol. The first kappa shape index (κ1) is 30.0. The van der Waals surface area contributed by atoms with Crippen molar-refractivity contribution >= 4 is 34.6 Å². The summed E-state index contributed by atoms with van der Waals surface area (Å²) in [6.45, 7) is 4.05. The van der Waals surface area contributed by atoms with E-state index in [0.29, 0.717) is 35.8 Å². The molecule has 0 spiro atoms. The van der Waals surface area contributed by atoms with Crippen LogP contribution < -0.4 is 16.2 Å². The van der Waals surface area contributed by atoms with Gasteiger partial charge in [-0.25, -0.2) is 14.2 Å². The number of carbonyl (C=O) groups is 3. The number of rotatable bonds is 11. The van der Waals surface area contributed by atoms with Crippen LogP contribution in [-0.2, 0) is 27.3 Å². The molecular formula is C27H34FN7O5. The molecule has 13 heteroatoms. The number of imidazole rings is 1. The van der Waals surface area contributed by atoms with Crippen LogP contribution in [0.2, 0.25) is 0 Å². The summed E-state index contributed by atoms with van der Waals surface area (Å²) in [6.07, 6.45) is 5.88. The number of pyridine rings is 2. The van der Waals surface area contributed by atoms with Crippen molar-refractivity contribution in [2.24, 2.45) is 5.92 Å². The van der Waals surface area contributed by atoms with Crippen LogP contribution in [0.25, 0.3) is 11.0 Å².